The summed E-state index contributed by atoms with van der Waals surface area (Å²) in [5.74, 6) is -2.82. The molecule has 124 valence electrons. The summed E-state index contributed by atoms with van der Waals surface area (Å²) < 4.78 is 69.8. The monoisotopic (exact) mass is 341 g/mol. The topological polar surface area (TPSA) is 92.7 Å². The summed E-state index contributed by atoms with van der Waals surface area (Å²) in [7, 11) is -3.37. The van der Waals surface area contributed by atoms with Crippen molar-refractivity contribution in [1.29, 1.82) is 0 Å². The molecular formula is C12H14F3NO5S. The van der Waals surface area contributed by atoms with Crippen LogP contribution >= 0.6 is 0 Å². The summed E-state index contributed by atoms with van der Waals surface area (Å²) in [6.45, 7) is 0.753. The molecule has 0 aliphatic heterocycles. The van der Waals surface area contributed by atoms with Crippen LogP contribution < -0.4 is 9.46 Å². The molecule has 0 saturated heterocycles. The second-order valence-corrected chi connectivity index (χ2v) is 6.37. The second-order valence-electron chi connectivity index (χ2n) is 4.69. The Bertz CT molecular complexity index is 665. The summed E-state index contributed by atoms with van der Waals surface area (Å²) in [5.41, 5.74) is -2.53. The lowest BCUT2D eigenvalue weighted by molar-refractivity contribution is -0.140. The molecular weight excluding hydrogens is 327 g/mol. The highest BCUT2D eigenvalue weighted by Crippen LogP contribution is 2.25. The van der Waals surface area contributed by atoms with E-state index in [2.05, 4.69) is 4.74 Å². The van der Waals surface area contributed by atoms with Crippen molar-refractivity contribution in [2.24, 2.45) is 0 Å². The van der Waals surface area contributed by atoms with E-state index in [9.17, 15) is 26.4 Å². The third-order valence-corrected chi connectivity index (χ3v) is 4.41. The van der Waals surface area contributed by atoms with Crippen molar-refractivity contribution in [3.63, 3.8) is 0 Å². The molecule has 2 N–H and O–H groups in total. The lowest BCUT2D eigenvalue weighted by Crippen LogP contribution is -2.52. The molecule has 0 saturated carbocycles. The summed E-state index contributed by atoms with van der Waals surface area (Å²) in [5, 5.41) is 8.63. The van der Waals surface area contributed by atoms with Gasteiger partial charge in [0.05, 0.1) is 18.4 Å². The van der Waals surface area contributed by atoms with Gasteiger partial charge >= 0.3 is 5.97 Å². The molecule has 0 aliphatic carbocycles. The standard InChI is InChI=1S/C12H14F3NO5S/c1-12(11(14)15,6-10(17)18)16-22(19,20)7-3-4-9(21-2)8(13)5-7/h3-5,11,16H,6H2,1-2H3,(H,17,18). The number of ether oxygens (including phenoxy) is 1. The van der Waals surface area contributed by atoms with Crippen LogP contribution in [0.3, 0.4) is 0 Å². The van der Waals surface area contributed by atoms with Gasteiger partial charge in [-0.3, -0.25) is 4.79 Å². The highest BCUT2D eigenvalue weighted by molar-refractivity contribution is 7.89. The van der Waals surface area contributed by atoms with Crippen LogP contribution in [0.1, 0.15) is 13.3 Å². The molecule has 0 bridgehead atoms. The Morgan fingerprint density at radius 2 is 2.05 bits per heavy atom. The molecule has 0 radical (unpaired) electrons. The van der Waals surface area contributed by atoms with Gasteiger partial charge in [-0.15, -0.1) is 0 Å². The molecule has 1 atom stereocenters. The minimum Gasteiger partial charge on any atom is -0.494 e. The van der Waals surface area contributed by atoms with E-state index in [0.29, 0.717) is 6.07 Å². The SMILES string of the molecule is COc1ccc(S(=O)(=O)NC(C)(CC(=O)O)C(F)F)cc1F. The molecule has 0 aromatic heterocycles. The molecule has 1 rings (SSSR count). The maximum absolute atomic E-state index is 13.5. The van der Waals surface area contributed by atoms with Crippen molar-refractivity contribution >= 4 is 16.0 Å². The van der Waals surface area contributed by atoms with Crippen molar-refractivity contribution in [2.75, 3.05) is 7.11 Å². The van der Waals surface area contributed by atoms with E-state index >= 15 is 0 Å². The van der Waals surface area contributed by atoms with Crippen molar-refractivity contribution < 1.29 is 36.2 Å². The fourth-order valence-corrected chi connectivity index (χ4v) is 3.05. The van der Waals surface area contributed by atoms with Gasteiger partial charge in [-0.25, -0.2) is 21.6 Å². The molecule has 0 spiro atoms. The Hall–Kier alpha value is -1.81. The zero-order valence-electron chi connectivity index (χ0n) is 11.6. The van der Waals surface area contributed by atoms with E-state index in [1.54, 1.807) is 4.72 Å². The molecule has 0 heterocycles. The lowest BCUT2D eigenvalue weighted by atomic mass is 10.0. The van der Waals surface area contributed by atoms with E-state index in [4.69, 9.17) is 5.11 Å². The number of rotatable bonds is 7. The number of alkyl halides is 2. The lowest BCUT2D eigenvalue weighted by Gasteiger charge is -2.27. The van der Waals surface area contributed by atoms with Gasteiger partial charge in [-0.2, -0.15) is 4.72 Å². The largest absolute Gasteiger partial charge is 0.494 e. The van der Waals surface area contributed by atoms with Crippen molar-refractivity contribution in [2.45, 2.75) is 30.2 Å². The molecule has 10 heteroatoms. The first kappa shape index (κ1) is 18.2. The van der Waals surface area contributed by atoms with Gasteiger partial charge in [0.25, 0.3) is 6.43 Å². The van der Waals surface area contributed by atoms with E-state index in [-0.39, 0.29) is 5.75 Å². The number of sulfonamides is 1. The van der Waals surface area contributed by atoms with Crippen LogP contribution in [0.5, 0.6) is 5.75 Å². The molecule has 6 nitrogen and oxygen atoms in total. The van der Waals surface area contributed by atoms with Gasteiger partial charge < -0.3 is 9.84 Å². The van der Waals surface area contributed by atoms with Gasteiger partial charge in [0, 0.05) is 0 Å². The van der Waals surface area contributed by atoms with Crippen molar-refractivity contribution in [3.05, 3.63) is 24.0 Å². The van der Waals surface area contributed by atoms with E-state index in [1.165, 1.54) is 7.11 Å². The third kappa shape index (κ3) is 4.10. The Morgan fingerprint density at radius 1 is 1.45 bits per heavy atom. The normalized spacial score (nSPS) is 14.6. The number of carbonyl (C=O) groups is 1. The van der Waals surface area contributed by atoms with Crippen LogP contribution in [0.4, 0.5) is 13.2 Å². The molecule has 0 amide bonds. The van der Waals surface area contributed by atoms with E-state index in [1.807, 2.05) is 0 Å². The molecule has 0 fully saturated rings. The Morgan fingerprint density at radius 3 is 2.45 bits per heavy atom. The number of hydrogen-bond acceptors (Lipinski definition) is 4. The van der Waals surface area contributed by atoms with Crippen LogP contribution in [0.2, 0.25) is 0 Å². The molecule has 22 heavy (non-hydrogen) atoms. The molecule has 1 aromatic carbocycles. The van der Waals surface area contributed by atoms with Gasteiger partial charge in [-0.05, 0) is 25.1 Å². The van der Waals surface area contributed by atoms with E-state index < -0.39 is 45.1 Å². The van der Waals surface area contributed by atoms with Gasteiger partial charge in [0.2, 0.25) is 10.0 Å². The van der Waals surface area contributed by atoms with Crippen LogP contribution in [0, 0.1) is 5.82 Å². The Kier molecular flexibility index (Phi) is 5.41. The first-order valence-corrected chi connectivity index (χ1v) is 7.37. The third-order valence-electron chi connectivity index (χ3n) is 2.80. The summed E-state index contributed by atoms with van der Waals surface area (Å²) in [4.78, 5) is 10.0. The number of carboxylic acid groups (broad SMARTS) is 1. The van der Waals surface area contributed by atoms with Crippen molar-refractivity contribution in [3.8, 4) is 5.75 Å². The molecule has 1 unspecified atom stereocenters. The fourth-order valence-electron chi connectivity index (χ4n) is 1.65. The first-order chi connectivity index (χ1) is 10.0. The Labute approximate surface area is 124 Å². The van der Waals surface area contributed by atoms with Crippen LogP contribution in [0.25, 0.3) is 0 Å². The number of halogens is 3. The fraction of sp³-hybridized carbons (Fsp3) is 0.417. The van der Waals surface area contributed by atoms with Crippen LogP contribution in [0.15, 0.2) is 23.1 Å². The molecule has 0 aliphatic rings. The molecule has 1 aromatic rings. The highest BCUT2D eigenvalue weighted by atomic mass is 32.2. The number of methoxy groups -OCH3 is 1. The second kappa shape index (κ2) is 6.53. The zero-order valence-corrected chi connectivity index (χ0v) is 12.5. The predicted molar refractivity (Wildman–Crippen MR) is 69.9 cm³/mol. The predicted octanol–water partition coefficient (Wildman–Crippen LogP) is 1.61. The number of hydrogen-bond donors (Lipinski definition) is 2. The van der Waals surface area contributed by atoms with Gasteiger partial charge in [0.15, 0.2) is 11.6 Å². The van der Waals surface area contributed by atoms with Crippen LogP contribution in [-0.4, -0.2) is 38.6 Å². The average molecular weight is 341 g/mol. The van der Waals surface area contributed by atoms with Gasteiger partial charge in [-0.1, -0.05) is 0 Å². The Balaban J connectivity index is 3.18. The first-order valence-electron chi connectivity index (χ1n) is 5.89. The number of nitrogens with one attached hydrogen (secondary N) is 1. The van der Waals surface area contributed by atoms with E-state index in [0.717, 1.165) is 19.1 Å². The number of carboxylic acids is 1. The maximum Gasteiger partial charge on any atom is 0.305 e. The maximum atomic E-state index is 13.5. The summed E-state index contributed by atoms with van der Waals surface area (Å²) >= 11 is 0. The minimum absolute atomic E-state index is 0.221. The number of benzene rings is 1. The summed E-state index contributed by atoms with van der Waals surface area (Å²) in [6.07, 6.45) is -4.41. The summed E-state index contributed by atoms with van der Waals surface area (Å²) in [6, 6.07) is 2.56. The average Bonchev–Trinajstić information content (AvgIpc) is 2.36. The van der Waals surface area contributed by atoms with Crippen molar-refractivity contribution in [1.82, 2.24) is 4.72 Å². The minimum atomic E-state index is -4.54. The smallest absolute Gasteiger partial charge is 0.305 e. The number of aliphatic carboxylic acids is 1. The highest BCUT2D eigenvalue weighted by Gasteiger charge is 2.41. The van der Waals surface area contributed by atoms with Gasteiger partial charge in [0.1, 0.15) is 5.54 Å². The zero-order chi connectivity index (χ0) is 17.1. The quantitative estimate of drug-likeness (QED) is 0.786. The van der Waals surface area contributed by atoms with Crippen LogP contribution in [-0.2, 0) is 14.8 Å².